The minimum Gasteiger partial charge on any atom is -0.504 e. The Morgan fingerprint density at radius 2 is 1.82 bits per heavy atom. The van der Waals surface area contributed by atoms with Gasteiger partial charge in [0.15, 0.2) is 11.5 Å². The van der Waals surface area contributed by atoms with Gasteiger partial charge in [0.1, 0.15) is 11.9 Å². The number of rotatable bonds is 7. The van der Waals surface area contributed by atoms with Crippen molar-refractivity contribution in [1.29, 1.82) is 0 Å². The largest absolute Gasteiger partial charge is 0.504 e. The number of methoxy groups -OCH3 is 1. The molecule has 0 bridgehead atoms. The Bertz CT molecular complexity index is 1140. The van der Waals surface area contributed by atoms with Crippen LogP contribution in [0.3, 0.4) is 0 Å². The van der Waals surface area contributed by atoms with Crippen molar-refractivity contribution in [2.75, 3.05) is 13.7 Å². The van der Waals surface area contributed by atoms with Gasteiger partial charge in [-0.25, -0.2) is 0 Å². The third-order valence-corrected chi connectivity index (χ3v) is 6.42. The molecule has 2 unspecified atom stereocenters. The highest BCUT2D eigenvalue weighted by atomic mass is 79.9. The Hall–Kier alpha value is -2.83. The van der Waals surface area contributed by atoms with Crippen LogP contribution in [0.15, 0.2) is 70.1 Å². The minimum atomic E-state index is -0.341. The van der Waals surface area contributed by atoms with Crippen molar-refractivity contribution in [1.82, 2.24) is 5.32 Å². The van der Waals surface area contributed by atoms with Gasteiger partial charge < -0.3 is 14.6 Å². The number of benzene rings is 3. The average molecular weight is 509 g/mol. The van der Waals surface area contributed by atoms with Gasteiger partial charge in [-0.05, 0) is 48.7 Å². The van der Waals surface area contributed by atoms with Crippen LogP contribution < -0.4 is 14.8 Å². The van der Waals surface area contributed by atoms with E-state index in [4.69, 9.17) is 14.5 Å². The predicted molar refractivity (Wildman–Crippen MR) is 136 cm³/mol. The maximum Gasteiger partial charge on any atom is 0.162 e. The third kappa shape index (κ3) is 5.07. The molecule has 0 radical (unpaired) electrons. The number of nitrogens with one attached hydrogen (secondary N) is 1. The number of phenolic OH excluding ortho intramolecular Hbond substituents is 1. The highest BCUT2D eigenvalue weighted by molar-refractivity contribution is 9.10. The lowest BCUT2D eigenvalue weighted by Crippen LogP contribution is -2.33. The summed E-state index contributed by atoms with van der Waals surface area (Å²) in [5, 5.41) is 14.6. The van der Waals surface area contributed by atoms with Gasteiger partial charge in [0.05, 0.1) is 13.7 Å². The number of aromatic hydroxyl groups is 1. The molecular formula is C27H29BrN2O3. The Morgan fingerprint density at radius 1 is 1.03 bits per heavy atom. The van der Waals surface area contributed by atoms with Crippen LogP contribution in [-0.4, -0.2) is 24.5 Å². The van der Waals surface area contributed by atoms with Crippen LogP contribution >= 0.6 is 15.9 Å². The maximum absolute atomic E-state index is 11.0. The van der Waals surface area contributed by atoms with Crippen LogP contribution in [0.5, 0.6) is 17.2 Å². The molecule has 0 aromatic heterocycles. The second kappa shape index (κ2) is 10.4. The summed E-state index contributed by atoms with van der Waals surface area (Å²) in [5.41, 5.74) is 5.07. The molecule has 0 fully saturated rings. The van der Waals surface area contributed by atoms with E-state index in [9.17, 15) is 5.11 Å². The molecule has 3 aromatic rings. The number of nitrogens with zero attached hydrogens (tertiary/aromatic N) is 1. The van der Waals surface area contributed by atoms with Crippen molar-refractivity contribution in [3.05, 3.63) is 87.4 Å². The van der Waals surface area contributed by atoms with Crippen LogP contribution in [0, 0.1) is 0 Å². The summed E-state index contributed by atoms with van der Waals surface area (Å²) >= 11 is 3.58. The van der Waals surface area contributed by atoms with E-state index in [0.29, 0.717) is 18.8 Å². The van der Waals surface area contributed by atoms with Crippen molar-refractivity contribution in [3.8, 4) is 17.2 Å². The standard InChI is InChI=1S/C27H29BrN2O3/c1-4-17-9-11-18(12-10-17)22-16-23(20-7-6-8-25(26(20)31)33-5-2)30-27(29-22)21-15-19(28)13-14-24(21)32-3/h6-15,23,27,30-31H,4-5,16H2,1-3H3. The zero-order valence-electron chi connectivity index (χ0n) is 19.1. The molecule has 3 aromatic carbocycles. The lowest BCUT2D eigenvalue weighted by Gasteiger charge is -2.32. The van der Waals surface area contributed by atoms with Crippen LogP contribution in [0.1, 0.15) is 54.7 Å². The fourth-order valence-corrected chi connectivity index (χ4v) is 4.56. The monoisotopic (exact) mass is 508 g/mol. The molecule has 0 aliphatic carbocycles. The zero-order valence-corrected chi connectivity index (χ0v) is 20.7. The Kier molecular flexibility index (Phi) is 7.36. The molecule has 33 heavy (non-hydrogen) atoms. The summed E-state index contributed by atoms with van der Waals surface area (Å²) in [6.45, 7) is 4.55. The zero-order chi connectivity index (χ0) is 23.4. The van der Waals surface area contributed by atoms with E-state index in [-0.39, 0.29) is 18.0 Å². The van der Waals surface area contributed by atoms with Crippen molar-refractivity contribution < 1.29 is 14.6 Å². The van der Waals surface area contributed by atoms with Crippen molar-refractivity contribution in [2.24, 2.45) is 4.99 Å². The number of hydrogen-bond acceptors (Lipinski definition) is 5. The molecule has 0 amide bonds. The van der Waals surface area contributed by atoms with Crippen LogP contribution in [0.25, 0.3) is 0 Å². The molecule has 1 heterocycles. The summed E-state index contributed by atoms with van der Waals surface area (Å²) < 4.78 is 12.2. The predicted octanol–water partition coefficient (Wildman–Crippen LogP) is 6.35. The molecule has 0 spiro atoms. The third-order valence-electron chi connectivity index (χ3n) is 5.93. The molecule has 5 nitrogen and oxygen atoms in total. The summed E-state index contributed by atoms with van der Waals surface area (Å²) in [6, 6.07) is 20.0. The molecule has 1 aliphatic rings. The topological polar surface area (TPSA) is 63.1 Å². The fraction of sp³-hybridized carbons (Fsp3) is 0.296. The molecule has 6 heteroatoms. The Labute approximate surface area is 203 Å². The number of ether oxygens (including phenoxy) is 2. The van der Waals surface area contributed by atoms with Gasteiger partial charge in [0.25, 0.3) is 0 Å². The lowest BCUT2D eigenvalue weighted by atomic mass is 9.92. The van der Waals surface area contributed by atoms with E-state index in [0.717, 1.165) is 39.0 Å². The first-order chi connectivity index (χ1) is 16.0. The van der Waals surface area contributed by atoms with E-state index < -0.39 is 0 Å². The number of para-hydroxylation sites is 1. The first kappa shape index (κ1) is 23.3. The van der Waals surface area contributed by atoms with Crippen LogP contribution in [0.2, 0.25) is 0 Å². The molecule has 1 aliphatic heterocycles. The van der Waals surface area contributed by atoms with Crippen molar-refractivity contribution in [2.45, 2.75) is 38.9 Å². The summed E-state index contributed by atoms with van der Waals surface area (Å²) in [7, 11) is 1.67. The van der Waals surface area contributed by atoms with Gasteiger partial charge in [-0.15, -0.1) is 0 Å². The molecule has 4 rings (SSSR count). The van der Waals surface area contributed by atoms with Crippen molar-refractivity contribution >= 4 is 21.6 Å². The van der Waals surface area contributed by atoms with Gasteiger partial charge >= 0.3 is 0 Å². The SMILES string of the molecule is CCOc1cccc(C2CC(c3ccc(CC)cc3)=NC(c3cc(Br)ccc3OC)N2)c1O. The molecule has 2 atom stereocenters. The number of phenols is 1. The molecule has 2 N–H and O–H groups in total. The summed E-state index contributed by atoms with van der Waals surface area (Å²) in [6.07, 6.45) is 1.29. The number of halogens is 1. The fourth-order valence-electron chi connectivity index (χ4n) is 4.18. The van der Waals surface area contributed by atoms with Crippen LogP contribution in [-0.2, 0) is 6.42 Å². The molecular weight excluding hydrogens is 480 g/mol. The summed E-state index contributed by atoms with van der Waals surface area (Å²) in [5.74, 6) is 1.41. The molecule has 172 valence electrons. The van der Waals surface area contributed by atoms with E-state index in [1.165, 1.54) is 5.56 Å². The first-order valence-electron chi connectivity index (χ1n) is 11.2. The molecule has 0 saturated heterocycles. The Balaban J connectivity index is 1.79. The highest BCUT2D eigenvalue weighted by Gasteiger charge is 2.30. The minimum absolute atomic E-state index is 0.155. The Morgan fingerprint density at radius 3 is 2.52 bits per heavy atom. The average Bonchev–Trinajstić information content (AvgIpc) is 2.85. The van der Waals surface area contributed by atoms with Gasteiger partial charge in [-0.2, -0.15) is 0 Å². The number of hydrogen-bond donors (Lipinski definition) is 2. The van der Waals surface area contributed by atoms with E-state index in [1.807, 2.05) is 37.3 Å². The second-order valence-electron chi connectivity index (χ2n) is 7.97. The first-order valence-corrected chi connectivity index (χ1v) is 12.0. The summed E-state index contributed by atoms with van der Waals surface area (Å²) in [4.78, 5) is 5.08. The highest BCUT2D eigenvalue weighted by Crippen LogP contribution is 2.40. The quantitative estimate of drug-likeness (QED) is 0.390. The number of aryl methyl sites for hydroxylation is 1. The van der Waals surface area contributed by atoms with Gasteiger partial charge in [-0.3, -0.25) is 10.3 Å². The van der Waals surface area contributed by atoms with Crippen molar-refractivity contribution in [3.63, 3.8) is 0 Å². The van der Waals surface area contributed by atoms with Gasteiger partial charge in [0.2, 0.25) is 0 Å². The van der Waals surface area contributed by atoms with E-state index in [2.05, 4.69) is 52.4 Å². The van der Waals surface area contributed by atoms with Gasteiger partial charge in [-0.1, -0.05) is 59.3 Å². The van der Waals surface area contributed by atoms with Gasteiger partial charge in [0, 0.05) is 33.8 Å². The maximum atomic E-state index is 11.0. The second-order valence-corrected chi connectivity index (χ2v) is 8.88. The number of aliphatic imine (C=N–C) groups is 1. The lowest BCUT2D eigenvalue weighted by molar-refractivity contribution is 0.313. The molecule has 0 saturated carbocycles. The van der Waals surface area contributed by atoms with E-state index >= 15 is 0 Å². The normalized spacial score (nSPS) is 18.0. The van der Waals surface area contributed by atoms with E-state index in [1.54, 1.807) is 13.2 Å². The smallest absolute Gasteiger partial charge is 0.162 e. The van der Waals surface area contributed by atoms with Crippen LogP contribution in [0.4, 0.5) is 0 Å².